The number of carbonyl (C=O) groups is 1. The van der Waals surface area contributed by atoms with Crippen molar-refractivity contribution < 1.29 is 22.7 Å². The normalized spacial score (nSPS) is 16.9. The number of para-hydroxylation sites is 2. The van der Waals surface area contributed by atoms with E-state index in [1.807, 2.05) is 54.1 Å². The molecule has 5 aromatic rings. The molecule has 0 saturated carbocycles. The van der Waals surface area contributed by atoms with Crippen molar-refractivity contribution in [2.75, 3.05) is 13.6 Å². The second-order valence-corrected chi connectivity index (χ2v) is 13.6. The number of pyridine rings is 1. The summed E-state index contributed by atoms with van der Waals surface area (Å²) in [5.74, 6) is 0.815. The number of aromatic nitrogens is 3. The zero-order chi connectivity index (χ0) is 32.4. The summed E-state index contributed by atoms with van der Waals surface area (Å²) in [6.45, 7) is 1.82. The van der Waals surface area contributed by atoms with Crippen molar-refractivity contribution in [3.8, 4) is 17.2 Å². The van der Waals surface area contributed by atoms with Crippen LogP contribution < -0.4 is 14.8 Å². The Morgan fingerprint density at radius 2 is 1.89 bits per heavy atom. The fourth-order valence-corrected chi connectivity index (χ4v) is 8.19. The number of halogens is 2. The summed E-state index contributed by atoms with van der Waals surface area (Å²) < 4.78 is 43.9. The molecule has 0 spiro atoms. The van der Waals surface area contributed by atoms with Crippen molar-refractivity contribution in [3.05, 3.63) is 107 Å². The average molecular weight is 681 g/mol. The monoisotopic (exact) mass is 679 g/mol. The van der Waals surface area contributed by atoms with Gasteiger partial charge >= 0.3 is 0 Å². The molecule has 1 N–H and O–H groups in total. The number of fused-ring (bicyclic) bond motifs is 1. The van der Waals surface area contributed by atoms with Gasteiger partial charge in [0.15, 0.2) is 0 Å². The van der Waals surface area contributed by atoms with Gasteiger partial charge in [-0.2, -0.15) is 4.31 Å². The van der Waals surface area contributed by atoms with Gasteiger partial charge in [-0.15, -0.1) is 0 Å². The zero-order valence-corrected chi connectivity index (χ0v) is 27.4. The molecule has 1 fully saturated rings. The summed E-state index contributed by atoms with van der Waals surface area (Å²) in [7, 11) is -2.67. The summed E-state index contributed by atoms with van der Waals surface area (Å²) in [6.07, 6.45) is 5.10. The third-order valence-corrected chi connectivity index (χ3v) is 10.7. The lowest BCUT2D eigenvalue weighted by molar-refractivity contribution is -0.121. The van der Waals surface area contributed by atoms with Gasteiger partial charge in [0.1, 0.15) is 34.6 Å². The van der Waals surface area contributed by atoms with Crippen molar-refractivity contribution in [2.45, 2.75) is 43.4 Å². The van der Waals surface area contributed by atoms with E-state index >= 15 is 0 Å². The number of hydrogen-bond donors (Lipinski definition) is 1. The van der Waals surface area contributed by atoms with E-state index < -0.39 is 22.2 Å². The third-order valence-electron chi connectivity index (χ3n) is 7.87. The van der Waals surface area contributed by atoms with Gasteiger partial charge in [-0.05, 0) is 43.3 Å². The lowest BCUT2D eigenvalue weighted by Crippen LogP contribution is -2.39. The van der Waals surface area contributed by atoms with E-state index in [2.05, 4.69) is 10.3 Å². The van der Waals surface area contributed by atoms with E-state index in [4.69, 9.17) is 37.7 Å². The van der Waals surface area contributed by atoms with Crippen LogP contribution in [0, 0.1) is 6.92 Å². The molecule has 46 heavy (non-hydrogen) atoms. The smallest absolute Gasteiger partial charge is 0.244 e. The predicted octanol–water partition coefficient (Wildman–Crippen LogP) is 5.96. The van der Waals surface area contributed by atoms with Gasteiger partial charge in [0.25, 0.3) is 0 Å². The van der Waals surface area contributed by atoms with E-state index in [0.717, 1.165) is 16.8 Å². The lowest BCUT2D eigenvalue weighted by Gasteiger charge is -2.24. The Morgan fingerprint density at radius 3 is 2.63 bits per heavy atom. The SMILES string of the molecule is CNC(=O)C[C@@H]1C[C@@H](Oc2ccccc2)CN1S(=O)(=O)c1ccc(Cl)c(COc2cccc3c(-n4ccnc4)cc(C)nc23)c1Cl. The van der Waals surface area contributed by atoms with Crippen molar-refractivity contribution in [2.24, 2.45) is 0 Å². The van der Waals surface area contributed by atoms with Crippen molar-refractivity contribution in [1.82, 2.24) is 24.2 Å². The Kier molecular flexibility index (Phi) is 9.19. The van der Waals surface area contributed by atoms with Crippen LogP contribution in [0.1, 0.15) is 24.1 Å². The molecule has 1 aliphatic heterocycles. The zero-order valence-electron chi connectivity index (χ0n) is 25.1. The number of hydrogen-bond acceptors (Lipinski definition) is 7. The largest absolute Gasteiger partial charge is 0.489 e. The number of imidazole rings is 1. The van der Waals surface area contributed by atoms with Crippen molar-refractivity contribution >= 4 is 50.0 Å². The maximum Gasteiger partial charge on any atom is 0.244 e. The highest BCUT2D eigenvalue weighted by Gasteiger charge is 2.43. The van der Waals surface area contributed by atoms with Crippen LogP contribution >= 0.6 is 23.2 Å². The first kappa shape index (κ1) is 31.8. The molecule has 3 aromatic carbocycles. The van der Waals surface area contributed by atoms with Crippen LogP contribution in [0.3, 0.4) is 0 Å². The number of amides is 1. The standard InChI is InChI=1S/C33H31Cl2N5O5S/c1-21-15-28(39-14-13-37-20-39)25-9-6-10-29(33(25)38-21)44-19-26-27(34)11-12-30(32(26)35)46(42,43)40-18-24(16-22(40)17-31(41)36-2)45-23-7-4-3-5-8-23/h3-15,20,22,24H,16-19H2,1-2H3,(H,36,41)/t22-,24+/m0/s1. The molecule has 0 unspecified atom stereocenters. The number of aryl methyl sites for hydroxylation is 1. The molecular weight excluding hydrogens is 649 g/mol. The van der Waals surface area contributed by atoms with Crippen LogP contribution in [0.5, 0.6) is 11.5 Å². The topological polar surface area (TPSA) is 116 Å². The van der Waals surface area contributed by atoms with Gasteiger partial charge in [0.05, 0.1) is 23.6 Å². The minimum absolute atomic E-state index is 0.0277. The molecule has 3 heterocycles. The Balaban J connectivity index is 1.30. The summed E-state index contributed by atoms with van der Waals surface area (Å²) in [4.78, 5) is 21.1. The summed E-state index contributed by atoms with van der Waals surface area (Å²) in [6, 6.07) is 18.9. The van der Waals surface area contributed by atoms with Gasteiger partial charge < -0.3 is 19.4 Å². The van der Waals surface area contributed by atoms with E-state index in [1.165, 1.54) is 23.5 Å². The van der Waals surface area contributed by atoms with E-state index in [9.17, 15) is 13.2 Å². The first-order valence-electron chi connectivity index (χ1n) is 14.6. The van der Waals surface area contributed by atoms with Gasteiger partial charge in [0, 0.05) is 60.0 Å². The van der Waals surface area contributed by atoms with Crippen LogP contribution in [0.25, 0.3) is 16.6 Å². The summed E-state index contributed by atoms with van der Waals surface area (Å²) in [5, 5.41) is 3.63. The van der Waals surface area contributed by atoms with Crippen LogP contribution in [-0.2, 0) is 21.4 Å². The highest BCUT2D eigenvalue weighted by Crippen LogP contribution is 2.38. The molecule has 0 aliphatic carbocycles. The van der Waals surface area contributed by atoms with Crippen LogP contribution in [0.2, 0.25) is 10.0 Å². The van der Waals surface area contributed by atoms with Gasteiger partial charge in [0.2, 0.25) is 15.9 Å². The Bertz CT molecular complexity index is 1990. The molecule has 10 nitrogen and oxygen atoms in total. The number of benzene rings is 3. The number of sulfonamides is 1. The molecule has 13 heteroatoms. The number of nitrogens with zero attached hydrogens (tertiary/aromatic N) is 4. The van der Waals surface area contributed by atoms with E-state index in [0.29, 0.717) is 29.0 Å². The number of ether oxygens (including phenoxy) is 2. The van der Waals surface area contributed by atoms with Crippen LogP contribution in [0.15, 0.2) is 90.3 Å². The maximum absolute atomic E-state index is 14.2. The molecular formula is C33H31Cl2N5O5S. The minimum Gasteiger partial charge on any atom is -0.489 e. The lowest BCUT2D eigenvalue weighted by atomic mass is 10.1. The van der Waals surface area contributed by atoms with Gasteiger partial charge in [-0.3, -0.25) is 4.79 Å². The second-order valence-electron chi connectivity index (χ2n) is 10.9. The maximum atomic E-state index is 14.2. The van der Waals surface area contributed by atoms with Crippen molar-refractivity contribution in [1.29, 1.82) is 0 Å². The molecule has 0 bridgehead atoms. The fourth-order valence-electron chi connectivity index (χ4n) is 5.66. The highest BCUT2D eigenvalue weighted by molar-refractivity contribution is 7.89. The molecule has 1 aliphatic rings. The van der Waals surface area contributed by atoms with E-state index in [1.54, 1.807) is 30.7 Å². The van der Waals surface area contributed by atoms with Gasteiger partial charge in [-0.25, -0.2) is 18.4 Å². The molecule has 6 rings (SSSR count). The number of rotatable bonds is 10. The fraction of sp³-hybridized carbons (Fsp3) is 0.242. The Hall–Kier alpha value is -4.16. The molecule has 238 valence electrons. The molecule has 2 atom stereocenters. The number of nitrogens with one attached hydrogen (secondary N) is 1. The molecule has 1 saturated heterocycles. The highest BCUT2D eigenvalue weighted by atomic mass is 35.5. The molecule has 2 aromatic heterocycles. The molecule has 0 radical (unpaired) electrons. The van der Waals surface area contributed by atoms with Gasteiger partial charge in [-0.1, -0.05) is 53.5 Å². The quantitative estimate of drug-likeness (QED) is 0.194. The third kappa shape index (κ3) is 6.41. The second kappa shape index (κ2) is 13.3. The minimum atomic E-state index is -4.18. The Labute approximate surface area is 276 Å². The average Bonchev–Trinajstić information content (AvgIpc) is 3.72. The first-order chi connectivity index (χ1) is 22.2. The predicted molar refractivity (Wildman–Crippen MR) is 176 cm³/mol. The summed E-state index contributed by atoms with van der Waals surface area (Å²) >= 11 is 13.4. The van der Waals surface area contributed by atoms with Crippen LogP contribution in [0.4, 0.5) is 0 Å². The first-order valence-corrected chi connectivity index (χ1v) is 16.8. The Morgan fingerprint density at radius 1 is 1.09 bits per heavy atom. The molecule has 1 amide bonds. The number of carbonyl (C=O) groups excluding carboxylic acids is 1. The summed E-state index contributed by atoms with van der Waals surface area (Å²) in [5.41, 5.74) is 2.60. The van der Waals surface area contributed by atoms with Crippen molar-refractivity contribution in [3.63, 3.8) is 0 Å². The van der Waals surface area contributed by atoms with Crippen LogP contribution in [-0.4, -0.2) is 58.9 Å². The van der Waals surface area contributed by atoms with E-state index in [-0.39, 0.29) is 40.4 Å².